The third kappa shape index (κ3) is 4.74. The predicted octanol–water partition coefficient (Wildman–Crippen LogP) is 3.53. The van der Waals surface area contributed by atoms with Gasteiger partial charge in [-0.1, -0.05) is 53.7 Å². The Bertz CT molecular complexity index is 776. The Hall–Kier alpha value is -2.66. The number of carbonyl (C=O) groups is 1. The van der Waals surface area contributed by atoms with Gasteiger partial charge in [0, 0.05) is 23.7 Å². The van der Waals surface area contributed by atoms with E-state index in [0.717, 1.165) is 34.4 Å². The predicted molar refractivity (Wildman–Crippen MR) is 106 cm³/mol. The third-order valence-corrected chi connectivity index (χ3v) is 5.10. The maximum absolute atomic E-state index is 11.0. The van der Waals surface area contributed by atoms with Gasteiger partial charge in [0.25, 0.3) is 0 Å². The summed E-state index contributed by atoms with van der Waals surface area (Å²) in [7, 11) is 0. The van der Waals surface area contributed by atoms with Gasteiger partial charge in [-0.05, 0) is 37.8 Å². The molecule has 0 bridgehead atoms. The van der Waals surface area contributed by atoms with E-state index in [9.17, 15) is 4.79 Å². The van der Waals surface area contributed by atoms with Crippen molar-refractivity contribution in [1.29, 1.82) is 0 Å². The molecule has 0 spiro atoms. The number of aryl methyl sites for hydroxylation is 2. The van der Waals surface area contributed by atoms with E-state index in [1.165, 1.54) is 0 Å². The van der Waals surface area contributed by atoms with Crippen molar-refractivity contribution in [3.8, 4) is 0 Å². The van der Waals surface area contributed by atoms with Crippen LogP contribution < -0.4 is 5.32 Å². The molecule has 0 aliphatic carbocycles. The van der Waals surface area contributed by atoms with Gasteiger partial charge in [-0.25, -0.2) is 0 Å². The summed E-state index contributed by atoms with van der Waals surface area (Å²) in [5.74, 6) is -1.04. The highest BCUT2D eigenvalue weighted by molar-refractivity contribution is 6.14. The number of nitrogens with zero attached hydrogens (tertiary/aromatic N) is 1. The van der Waals surface area contributed by atoms with Crippen LogP contribution in [-0.2, 0) is 9.63 Å². The lowest BCUT2D eigenvalue weighted by atomic mass is 9.95. The lowest BCUT2D eigenvalue weighted by molar-refractivity contribution is -0.142. The van der Waals surface area contributed by atoms with Crippen LogP contribution in [-0.4, -0.2) is 36.0 Å². The van der Waals surface area contributed by atoms with E-state index in [1.54, 1.807) is 0 Å². The third-order valence-electron chi connectivity index (χ3n) is 5.10. The molecule has 2 N–H and O–H groups in total. The summed E-state index contributed by atoms with van der Waals surface area (Å²) in [6.07, 6.45) is 1.44. The number of benzene rings is 2. The average Bonchev–Trinajstić information content (AvgIpc) is 2.67. The van der Waals surface area contributed by atoms with Crippen LogP contribution in [0.1, 0.15) is 35.1 Å². The number of hydrogen-bond acceptors (Lipinski definition) is 4. The van der Waals surface area contributed by atoms with Crippen molar-refractivity contribution in [2.45, 2.75) is 32.7 Å². The first-order valence-corrected chi connectivity index (χ1v) is 9.34. The van der Waals surface area contributed by atoms with E-state index in [4.69, 9.17) is 9.94 Å². The van der Waals surface area contributed by atoms with E-state index in [-0.39, 0.29) is 12.0 Å². The van der Waals surface area contributed by atoms with Gasteiger partial charge in [-0.15, -0.1) is 0 Å². The van der Waals surface area contributed by atoms with Gasteiger partial charge < -0.3 is 15.3 Å². The lowest BCUT2D eigenvalue weighted by Crippen LogP contribution is -2.43. The van der Waals surface area contributed by atoms with E-state index < -0.39 is 5.97 Å². The highest BCUT2D eigenvalue weighted by atomic mass is 16.6. The largest absolute Gasteiger partial charge is 0.481 e. The molecule has 5 heteroatoms. The number of hydrogen-bond donors (Lipinski definition) is 2. The van der Waals surface area contributed by atoms with Crippen molar-refractivity contribution in [2.75, 3.05) is 13.2 Å². The summed E-state index contributed by atoms with van der Waals surface area (Å²) in [6, 6.07) is 16.4. The SMILES string of the molecule is Cc1ccccc1C(=NOC[C@@H]1CC[C@@H](C(=O)O)CN1)c1ccccc1C. The quantitative estimate of drug-likeness (QED) is 0.606. The fraction of sp³-hybridized carbons (Fsp3) is 0.364. The molecule has 142 valence electrons. The summed E-state index contributed by atoms with van der Waals surface area (Å²) in [4.78, 5) is 16.8. The zero-order valence-electron chi connectivity index (χ0n) is 15.8. The Labute approximate surface area is 160 Å². The average molecular weight is 366 g/mol. The Kier molecular flexibility index (Phi) is 6.24. The molecule has 27 heavy (non-hydrogen) atoms. The van der Waals surface area contributed by atoms with Crippen LogP contribution in [0.4, 0.5) is 0 Å². The zero-order chi connectivity index (χ0) is 19.2. The molecule has 2 aromatic carbocycles. The second kappa shape index (κ2) is 8.82. The van der Waals surface area contributed by atoms with E-state index in [2.05, 4.69) is 48.6 Å². The number of rotatable bonds is 6. The molecule has 1 fully saturated rings. The van der Waals surface area contributed by atoms with Crippen molar-refractivity contribution < 1.29 is 14.7 Å². The summed E-state index contributed by atoms with van der Waals surface area (Å²) < 4.78 is 0. The molecular weight excluding hydrogens is 340 g/mol. The van der Waals surface area contributed by atoms with Gasteiger partial charge in [0.1, 0.15) is 12.3 Å². The summed E-state index contributed by atoms with van der Waals surface area (Å²) >= 11 is 0. The molecule has 0 saturated carbocycles. The molecule has 5 nitrogen and oxygen atoms in total. The first-order valence-electron chi connectivity index (χ1n) is 9.34. The lowest BCUT2D eigenvalue weighted by Gasteiger charge is -2.26. The van der Waals surface area contributed by atoms with E-state index >= 15 is 0 Å². The van der Waals surface area contributed by atoms with Crippen molar-refractivity contribution in [2.24, 2.45) is 11.1 Å². The van der Waals surface area contributed by atoms with Crippen molar-refractivity contribution in [1.82, 2.24) is 5.32 Å². The number of nitrogens with one attached hydrogen (secondary N) is 1. The Morgan fingerprint density at radius 1 is 1.07 bits per heavy atom. The second-order valence-electron chi connectivity index (χ2n) is 7.08. The molecule has 0 amide bonds. The first-order chi connectivity index (χ1) is 13.1. The molecular formula is C22H26N2O3. The van der Waals surface area contributed by atoms with E-state index in [0.29, 0.717) is 19.6 Å². The second-order valence-corrected chi connectivity index (χ2v) is 7.08. The first kappa shape index (κ1) is 19.1. The van der Waals surface area contributed by atoms with Gasteiger partial charge in [-0.3, -0.25) is 4.79 Å². The van der Waals surface area contributed by atoms with Gasteiger partial charge in [-0.2, -0.15) is 0 Å². The Morgan fingerprint density at radius 2 is 1.67 bits per heavy atom. The topological polar surface area (TPSA) is 70.9 Å². The summed E-state index contributed by atoms with van der Waals surface area (Å²) in [6.45, 7) is 5.04. The number of carboxylic acids is 1. The smallest absolute Gasteiger partial charge is 0.307 e. The molecule has 1 heterocycles. The molecule has 1 aliphatic rings. The highest BCUT2D eigenvalue weighted by Gasteiger charge is 2.25. The monoisotopic (exact) mass is 366 g/mol. The minimum atomic E-state index is -0.735. The summed E-state index contributed by atoms with van der Waals surface area (Å²) in [5.41, 5.74) is 5.21. The molecule has 3 rings (SSSR count). The van der Waals surface area contributed by atoms with E-state index in [1.807, 2.05) is 24.3 Å². The van der Waals surface area contributed by atoms with Crippen LogP contribution in [0.2, 0.25) is 0 Å². The highest BCUT2D eigenvalue weighted by Crippen LogP contribution is 2.19. The molecule has 0 unspecified atom stereocenters. The van der Waals surface area contributed by atoms with Crippen LogP contribution >= 0.6 is 0 Å². The molecule has 1 aliphatic heterocycles. The molecule has 0 radical (unpaired) electrons. The fourth-order valence-corrected chi connectivity index (χ4v) is 3.38. The van der Waals surface area contributed by atoms with Gasteiger partial charge in [0.2, 0.25) is 0 Å². The normalized spacial score (nSPS) is 19.3. The van der Waals surface area contributed by atoms with Crippen LogP contribution in [0, 0.1) is 19.8 Å². The van der Waals surface area contributed by atoms with Gasteiger partial charge >= 0.3 is 5.97 Å². The van der Waals surface area contributed by atoms with Crippen molar-refractivity contribution >= 4 is 11.7 Å². The van der Waals surface area contributed by atoms with Crippen LogP contribution in [0.25, 0.3) is 0 Å². The molecule has 2 aromatic rings. The minimum Gasteiger partial charge on any atom is -0.481 e. The number of aliphatic carboxylic acids is 1. The summed E-state index contributed by atoms with van der Waals surface area (Å²) in [5, 5.41) is 16.8. The minimum absolute atomic E-state index is 0.124. The van der Waals surface area contributed by atoms with Gasteiger partial charge in [0.15, 0.2) is 0 Å². The van der Waals surface area contributed by atoms with Crippen LogP contribution in [0.15, 0.2) is 53.7 Å². The number of oxime groups is 1. The standard InChI is InChI=1S/C22H26N2O3/c1-15-7-3-5-9-19(15)21(20-10-6-4-8-16(20)2)24-27-14-18-12-11-17(13-23-18)22(25)26/h3-10,17-18,23H,11-14H2,1-2H3,(H,25,26)/t17-,18+/m1/s1. The maximum Gasteiger partial charge on any atom is 0.307 e. The molecule has 2 atom stereocenters. The fourth-order valence-electron chi connectivity index (χ4n) is 3.38. The number of piperidine rings is 1. The van der Waals surface area contributed by atoms with Crippen LogP contribution in [0.3, 0.4) is 0 Å². The zero-order valence-corrected chi connectivity index (χ0v) is 15.8. The van der Waals surface area contributed by atoms with Gasteiger partial charge in [0.05, 0.1) is 5.92 Å². The Balaban J connectivity index is 1.75. The van der Waals surface area contributed by atoms with Crippen molar-refractivity contribution in [3.05, 3.63) is 70.8 Å². The molecule has 1 saturated heterocycles. The molecule has 0 aromatic heterocycles. The number of carboxylic acid groups (broad SMARTS) is 1. The van der Waals surface area contributed by atoms with Crippen LogP contribution in [0.5, 0.6) is 0 Å². The maximum atomic E-state index is 11.0. The Morgan fingerprint density at radius 3 is 2.15 bits per heavy atom. The van der Waals surface area contributed by atoms with Crippen molar-refractivity contribution in [3.63, 3.8) is 0 Å².